The van der Waals surface area contributed by atoms with Gasteiger partial charge >= 0.3 is 0 Å². The van der Waals surface area contributed by atoms with E-state index in [2.05, 4.69) is 4.98 Å². The number of aromatic nitrogens is 2. The van der Waals surface area contributed by atoms with Crippen LogP contribution in [0.1, 0.15) is 16.0 Å². The number of thiophene rings is 1. The van der Waals surface area contributed by atoms with Crippen LogP contribution in [-0.2, 0) is 6.54 Å². The maximum atomic E-state index is 12.7. The van der Waals surface area contributed by atoms with Crippen molar-refractivity contribution in [3.63, 3.8) is 0 Å². The highest BCUT2D eigenvalue weighted by Gasteiger charge is 2.13. The zero-order valence-corrected chi connectivity index (χ0v) is 14.1. The Bertz CT molecular complexity index is 914. The number of methoxy groups -OCH3 is 1. The Labute approximate surface area is 136 Å². The minimum atomic E-state index is -0.0364. The smallest absolute Gasteiger partial charge is 0.262 e. The zero-order valence-electron chi connectivity index (χ0n) is 12.5. The molecular formula is C16H15ClN2O2S. The molecule has 114 valence electrons. The molecule has 3 aromatic rings. The van der Waals surface area contributed by atoms with Crippen molar-refractivity contribution >= 4 is 33.2 Å². The van der Waals surface area contributed by atoms with Gasteiger partial charge < -0.3 is 4.74 Å². The fourth-order valence-electron chi connectivity index (χ4n) is 2.40. The van der Waals surface area contributed by atoms with E-state index < -0.39 is 0 Å². The van der Waals surface area contributed by atoms with Crippen molar-refractivity contribution in [3.05, 3.63) is 55.9 Å². The fraction of sp³-hybridized carbons (Fsp3) is 0.250. The van der Waals surface area contributed by atoms with E-state index in [1.807, 2.05) is 26.0 Å². The third kappa shape index (κ3) is 2.40. The summed E-state index contributed by atoms with van der Waals surface area (Å²) in [5, 5.41) is 1.22. The molecule has 0 saturated carbocycles. The first kappa shape index (κ1) is 15.1. The molecule has 0 atom stereocenters. The van der Waals surface area contributed by atoms with E-state index in [1.54, 1.807) is 35.4 Å². The molecule has 0 spiro atoms. The summed E-state index contributed by atoms with van der Waals surface area (Å²) in [7, 11) is 1.57. The predicted molar refractivity (Wildman–Crippen MR) is 90.5 cm³/mol. The van der Waals surface area contributed by atoms with Gasteiger partial charge in [-0.3, -0.25) is 9.36 Å². The number of fused-ring (bicyclic) bond motifs is 1. The summed E-state index contributed by atoms with van der Waals surface area (Å²) < 4.78 is 6.80. The number of hydrogen-bond acceptors (Lipinski definition) is 4. The van der Waals surface area contributed by atoms with E-state index in [1.165, 1.54) is 0 Å². The minimum absolute atomic E-state index is 0.0364. The third-order valence-electron chi connectivity index (χ3n) is 3.76. The lowest BCUT2D eigenvalue weighted by atomic mass is 10.2. The molecule has 0 aliphatic carbocycles. The predicted octanol–water partition coefficient (Wildman–Crippen LogP) is 3.79. The van der Waals surface area contributed by atoms with Crippen LogP contribution in [0, 0.1) is 13.8 Å². The van der Waals surface area contributed by atoms with Crippen LogP contribution in [0.4, 0.5) is 0 Å². The van der Waals surface area contributed by atoms with Crippen molar-refractivity contribution in [1.29, 1.82) is 0 Å². The molecule has 3 rings (SSSR count). The SMILES string of the molecule is COc1cccc(Cn2cnc3sc(C)c(C)c3c2=O)c1Cl. The topological polar surface area (TPSA) is 44.1 Å². The molecule has 2 heterocycles. The summed E-state index contributed by atoms with van der Waals surface area (Å²) in [4.78, 5) is 19.0. The summed E-state index contributed by atoms with van der Waals surface area (Å²) in [6, 6.07) is 5.53. The van der Waals surface area contributed by atoms with Gasteiger partial charge in [0.15, 0.2) is 0 Å². The Balaban J connectivity index is 2.10. The fourth-order valence-corrected chi connectivity index (χ4v) is 3.65. The number of nitrogens with zero attached hydrogens (tertiary/aromatic N) is 2. The highest BCUT2D eigenvalue weighted by Crippen LogP contribution is 2.29. The van der Waals surface area contributed by atoms with Gasteiger partial charge in [0.1, 0.15) is 10.6 Å². The molecule has 0 amide bonds. The summed E-state index contributed by atoms with van der Waals surface area (Å²) >= 11 is 7.85. The maximum Gasteiger partial charge on any atom is 0.262 e. The largest absolute Gasteiger partial charge is 0.495 e. The van der Waals surface area contributed by atoms with Gasteiger partial charge in [-0.25, -0.2) is 4.98 Å². The molecule has 0 unspecified atom stereocenters. The third-order valence-corrected chi connectivity index (χ3v) is 5.30. The van der Waals surface area contributed by atoms with E-state index in [-0.39, 0.29) is 5.56 Å². The van der Waals surface area contributed by atoms with Crippen molar-refractivity contribution < 1.29 is 4.74 Å². The number of aryl methyl sites for hydroxylation is 2. The molecule has 0 aliphatic heterocycles. The molecule has 4 nitrogen and oxygen atoms in total. The van der Waals surface area contributed by atoms with Crippen LogP contribution >= 0.6 is 22.9 Å². The number of benzene rings is 1. The van der Waals surface area contributed by atoms with Crippen LogP contribution in [-0.4, -0.2) is 16.7 Å². The van der Waals surface area contributed by atoms with Crippen LogP contribution in [0.15, 0.2) is 29.3 Å². The second kappa shape index (κ2) is 5.74. The number of halogens is 1. The molecule has 0 radical (unpaired) electrons. The highest BCUT2D eigenvalue weighted by molar-refractivity contribution is 7.18. The Hall–Kier alpha value is -1.85. The maximum absolute atomic E-state index is 12.7. The highest BCUT2D eigenvalue weighted by atomic mass is 35.5. The summed E-state index contributed by atoms with van der Waals surface area (Å²) in [6.45, 7) is 4.33. The van der Waals surface area contributed by atoms with Crippen molar-refractivity contribution in [2.24, 2.45) is 0 Å². The Morgan fingerprint density at radius 1 is 1.36 bits per heavy atom. The summed E-state index contributed by atoms with van der Waals surface area (Å²) in [5.74, 6) is 0.601. The lowest BCUT2D eigenvalue weighted by molar-refractivity contribution is 0.414. The lowest BCUT2D eigenvalue weighted by Gasteiger charge is -2.10. The van der Waals surface area contributed by atoms with Gasteiger partial charge in [-0.15, -0.1) is 11.3 Å². The van der Waals surface area contributed by atoms with Gasteiger partial charge in [-0.1, -0.05) is 23.7 Å². The second-order valence-electron chi connectivity index (χ2n) is 5.07. The van der Waals surface area contributed by atoms with Crippen LogP contribution in [0.3, 0.4) is 0 Å². The van der Waals surface area contributed by atoms with Gasteiger partial charge in [0, 0.05) is 4.88 Å². The van der Waals surface area contributed by atoms with Gasteiger partial charge in [-0.05, 0) is 31.0 Å². The normalized spacial score (nSPS) is 11.1. The Morgan fingerprint density at radius 2 is 2.14 bits per heavy atom. The van der Waals surface area contributed by atoms with Gasteiger partial charge in [-0.2, -0.15) is 0 Å². The molecule has 0 N–H and O–H groups in total. The van der Waals surface area contributed by atoms with E-state index in [9.17, 15) is 4.79 Å². The quantitative estimate of drug-likeness (QED) is 0.732. The molecule has 0 bridgehead atoms. The molecule has 22 heavy (non-hydrogen) atoms. The standard InChI is InChI=1S/C16H15ClN2O2S/c1-9-10(2)22-15-13(9)16(20)19(8-18-15)7-11-5-4-6-12(21-3)14(11)17/h4-6,8H,7H2,1-3H3. The van der Waals surface area contributed by atoms with Gasteiger partial charge in [0.2, 0.25) is 0 Å². The first-order valence-electron chi connectivity index (χ1n) is 6.79. The molecule has 0 fully saturated rings. The van der Waals surface area contributed by atoms with Crippen LogP contribution < -0.4 is 10.3 Å². The lowest BCUT2D eigenvalue weighted by Crippen LogP contribution is -2.21. The summed E-state index contributed by atoms with van der Waals surface area (Å²) in [5.41, 5.74) is 1.79. The second-order valence-corrected chi connectivity index (χ2v) is 6.66. The molecule has 0 saturated heterocycles. The molecule has 2 aromatic heterocycles. The van der Waals surface area contributed by atoms with Gasteiger partial charge in [0.05, 0.1) is 30.4 Å². The van der Waals surface area contributed by atoms with Crippen LogP contribution in [0.2, 0.25) is 5.02 Å². The minimum Gasteiger partial charge on any atom is -0.495 e. The zero-order chi connectivity index (χ0) is 15.9. The first-order valence-corrected chi connectivity index (χ1v) is 7.99. The van der Waals surface area contributed by atoms with Crippen LogP contribution in [0.5, 0.6) is 5.75 Å². The van der Waals surface area contributed by atoms with Gasteiger partial charge in [0.25, 0.3) is 5.56 Å². The van der Waals surface area contributed by atoms with Crippen LogP contribution in [0.25, 0.3) is 10.2 Å². The molecule has 6 heteroatoms. The van der Waals surface area contributed by atoms with Crippen molar-refractivity contribution in [2.45, 2.75) is 20.4 Å². The average Bonchev–Trinajstić information content (AvgIpc) is 2.80. The monoisotopic (exact) mass is 334 g/mol. The van der Waals surface area contributed by atoms with E-state index in [0.29, 0.717) is 22.7 Å². The Kier molecular flexibility index (Phi) is 3.93. The molecule has 0 aliphatic rings. The van der Waals surface area contributed by atoms with Crippen molar-refractivity contribution in [2.75, 3.05) is 7.11 Å². The summed E-state index contributed by atoms with van der Waals surface area (Å²) in [6.07, 6.45) is 1.58. The average molecular weight is 335 g/mol. The first-order chi connectivity index (χ1) is 10.5. The molecule has 1 aromatic carbocycles. The number of hydrogen-bond donors (Lipinski definition) is 0. The van der Waals surface area contributed by atoms with E-state index in [0.717, 1.165) is 20.8 Å². The molecular weight excluding hydrogens is 320 g/mol. The van der Waals surface area contributed by atoms with E-state index in [4.69, 9.17) is 16.3 Å². The van der Waals surface area contributed by atoms with Crippen molar-refractivity contribution in [3.8, 4) is 5.75 Å². The van der Waals surface area contributed by atoms with E-state index >= 15 is 0 Å². The Morgan fingerprint density at radius 3 is 2.86 bits per heavy atom. The number of ether oxygens (including phenoxy) is 1. The van der Waals surface area contributed by atoms with Crippen molar-refractivity contribution in [1.82, 2.24) is 9.55 Å². The number of rotatable bonds is 3.